The van der Waals surface area contributed by atoms with Crippen LogP contribution in [0.15, 0.2) is 24.3 Å². The van der Waals surface area contributed by atoms with Gasteiger partial charge in [-0.1, -0.05) is 26.0 Å². The van der Waals surface area contributed by atoms with Gasteiger partial charge in [0.05, 0.1) is 39.6 Å². The summed E-state index contributed by atoms with van der Waals surface area (Å²) in [7, 11) is 0. The van der Waals surface area contributed by atoms with E-state index >= 15 is 0 Å². The van der Waals surface area contributed by atoms with Crippen LogP contribution in [-0.4, -0.2) is 53.2 Å². The summed E-state index contributed by atoms with van der Waals surface area (Å²) in [4.78, 5) is 0. The molecule has 2 heterocycles. The zero-order valence-corrected chi connectivity index (χ0v) is 15.8. The van der Waals surface area contributed by atoms with Crippen LogP contribution in [0.3, 0.4) is 0 Å². The fraction of sp³-hybridized carbons (Fsp3) is 0.700. The monoisotopic (exact) mass is 366 g/mol. The lowest BCUT2D eigenvalue weighted by atomic mass is 9.84. The van der Waals surface area contributed by atoms with Gasteiger partial charge in [-0.25, -0.2) is 0 Å². The molecule has 2 aliphatic rings. The average Bonchev–Trinajstić information content (AvgIpc) is 2.60. The van der Waals surface area contributed by atoms with E-state index in [4.69, 9.17) is 28.4 Å². The van der Waals surface area contributed by atoms with Crippen molar-refractivity contribution in [1.29, 1.82) is 0 Å². The molecule has 1 aromatic carbocycles. The topological polar surface area (TPSA) is 55.4 Å². The molecule has 6 heteroatoms. The maximum atomic E-state index is 5.73. The number of rotatable bonds is 12. The molecule has 0 atom stereocenters. The summed E-state index contributed by atoms with van der Waals surface area (Å²) in [5.74, 6) is 1.31. The summed E-state index contributed by atoms with van der Waals surface area (Å²) in [6, 6.07) is 7.56. The van der Waals surface area contributed by atoms with Gasteiger partial charge in [-0.05, 0) is 25.0 Å². The third-order valence-corrected chi connectivity index (χ3v) is 5.39. The van der Waals surface area contributed by atoms with Crippen LogP contribution < -0.4 is 9.47 Å². The van der Waals surface area contributed by atoms with E-state index in [1.54, 1.807) is 0 Å². The number of hydrogen-bond donors (Lipinski definition) is 0. The van der Waals surface area contributed by atoms with Gasteiger partial charge in [-0.3, -0.25) is 0 Å². The predicted octanol–water partition coefficient (Wildman–Crippen LogP) is 3.25. The van der Waals surface area contributed by atoms with E-state index in [0.717, 1.165) is 39.3 Å². The van der Waals surface area contributed by atoms with Crippen molar-refractivity contribution < 1.29 is 28.4 Å². The molecule has 2 fully saturated rings. The molecule has 26 heavy (non-hydrogen) atoms. The van der Waals surface area contributed by atoms with Gasteiger partial charge in [0.15, 0.2) is 25.1 Å². The van der Waals surface area contributed by atoms with E-state index < -0.39 is 0 Å². The zero-order chi connectivity index (χ0) is 18.3. The Kier molecular flexibility index (Phi) is 6.75. The van der Waals surface area contributed by atoms with E-state index in [9.17, 15) is 0 Å². The molecule has 0 amide bonds. The first-order valence-electron chi connectivity index (χ1n) is 9.36. The lowest BCUT2D eigenvalue weighted by molar-refractivity contribution is -0.164. The highest BCUT2D eigenvalue weighted by Crippen LogP contribution is 2.33. The second kappa shape index (κ2) is 9.04. The highest BCUT2D eigenvalue weighted by Gasteiger charge is 2.37. The van der Waals surface area contributed by atoms with Crippen molar-refractivity contribution in [3.05, 3.63) is 24.3 Å². The van der Waals surface area contributed by atoms with Crippen molar-refractivity contribution in [2.24, 2.45) is 10.8 Å². The smallest absolute Gasteiger partial charge is 0.189 e. The van der Waals surface area contributed by atoms with Crippen LogP contribution in [0.5, 0.6) is 11.5 Å². The largest absolute Gasteiger partial charge is 0.464 e. The summed E-state index contributed by atoms with van der Waals surface area (Å²) >= 11 is 0. The Hall–Kier alpha value is -1.34. The Morgan fingerprint density at radius 1 is 0.769 bits per heavy atom. The maximum Gasteiger partial charge on any atom is 0.189 e. The summed E-state index contributed by atoms with van der Waals surface area (Å²) < 4.78 is 33.5. The fourth-order valence-electron chi connectivity index (χ4n) is 2.98. The first kappa shape index (κ1) is 19.4. The van der Waals surface area contributed by atoms with Crippen LogP contribution >= 0.6 is 0 Å². The highest BCUT2D eigenvalue weighted by atomic mass is 16.7. The zero-order valence-electron chi connectivity index (χ0n) is 15.8. The van der Waals surface area contributed by atoms with Crippen LogP contribution in [-0.2, 0) is 18.9 Å². The number of benzene rings is 1. The molecular weight excluding hydrogens is 336 g/mol. The normalized spacial score (nSPS) is 20.1. The van der Waals surface area contributed by atoms with Gasteiger partial charge >= 0.3 is 0 Å². The summed E-state index contributed by atoms with van der Waals surface area (Å²) in [5.41, 5.74) is 0.321. The SMILES string of the molecule is CCC1(COCOc2ccccc2OCOCC2(CC)COC2)COC1. The van der Waals surface area contributed by atoms with Crippen molar-refractivity contribution in [2.45, 2.75) is 26.7 Å². The molecule has 0 aromatic heterocycles. The van der Waals surface area contributed by atoms with E-state index in [-0.39, 0.29) is 24.4 Å². The van der Waals surface area contributed by atoms with E-state index in [0.29, 0.717) is 24.7 Å². The minimum absolute atomic E-state index is 0.160. The molecule has 0 radical (unpaired) electrons. The molecule has 0 aliphatic carbocycles. The molecule has 0 bridgehead atoms. The van der Waals surface area contributed by atoms with Crippen LogP contribution in [0.2, 0.25) is 0 Å². The molecule has 0 unspecified atom stereocenters. The molecule has 2 saturated heterocycles. The van der Waals surface area contributed by atoms with Gasteiger partial charge in [0, 0.05) is 10.8 Å². The Morgan fingerprint density at radius 3 is 1.50 bits per heavy atom. The van der Waals surface area contributed by atoms with Gasteiger partial charge in [0.25, 0.3) is 0 Å². The molecule has 3 rings (SSSR count). The highest BCUT2D eigenvalue weighted by molar-refractivity contribution is 5.39. The first-order valence-corrected chi connectivity index (χ1v) is 9.36. The third-order valence-electron chi connectivity index (χ3n) is 5.39. The molecular formula is C20H30O6. The maximum absolute atomic E-state index is 5.73. The molecule has 1 aromatic rings. The van der Waals surface area contributed by atoms with Crippen LogP contribution in [0.4, 0.5) is 0 Å². The van der Waals surface area contributed by atoms with Crippen LogP contribution in [0.25, 0.3) is 0 Å². The van der Waals surface area contributed by atoms with Crippen LogP contribution in [0.1, 0.15) is 26.7 Å². The Bertz CT molecular complexity index is 493. The standard InChI is InChI=1S/C20H30O6/c1-3-19(9-21-10-19)13-23-15-25-17-7-5-6-8-18(17)26-16-24-14-20(4-2)11-22-12-20/h5-8H,3-4,9-16H2,1-2H3. The third kappa shape index (κ3) is 4.68. The average molecular weight is 366 g/mol. The van der Waals surface area contributed by atoms with Crippen LogP contribution in [0, 0.1) is 10.8 Å². The number of para-hydroxylation sites is 2. The van der Waals surface area contributed by atoms with E-state index in [2.05, 4.69) is 13.8 Å². The Morgan fingerprint density at radius 2 is 1.19 bits per heavy atom. The minimum atomic E-state index is 0.160. The predicted molar refractivity (Wildman–Crippen MR) is 96.4 cm³/mol. The second-order valence-electron chi connectivity index (χ2n) is 7.36. The quantitative estimate of drug-likeness (QED) is 0.418. The molecule has 6 nitrogen and oxygen atoms in total. The van der Waals surface area contributed by atoms with Gasteiger partial charge < -0.3 is 28.4 Å². The molecule has 0 N–H and O–H groups in total. The summed E-state index contributed by atoms with van der Waals surface area (Å²) in [6.07, 6.45) is 2.10. The fourth-order valence-corrected chi connectivity index (χ4v) is 2.98. The van der Waals surface area contributed by atoms with Crippen molar-refractivity contribution in [2.75, 3.05) is 53.2 Å². The van der Waals surface area contributed by atoms with E-state index in [1.807, 2.05) is 24.3 Å². The number of ether oxygens (including phenoxy) is 6. The van der Waals surface area contributed by atoms with Gasteiger partial charge in [0.2, 0.25) is 0 Å². The van der Waals surface area contributed by atoms with Gasteiger partial charge in [-0.2, -0.15) is 0 Å². The Balaban J connectivity index is 1.38. The lowest BCUT2D eigenvalue weighted by Crippen LogP contribution is -2.46. The lowest BCUT2D eigenvalue weighted by Gasteiger charge is -2.40. The van der Waals surface area contributed by atoms with Crippen molar-refractivity contribution in [3.63, 3.8) is 0 Å². The minimum Gasteiger partial charge on any atom is -0.464 e. The molecule has 0 saturated carbocycles. The first-order chi connectivity index (χ1) is 12.7. The van der Waals surface area contributed by atoms with Gasteiger partial charge in [0.1, 0.15) is 0 Å². The molecule has 0 spiro atoms. The second-order valence-corrected chi connectivity index (χ2v) is 7.36. The van der Waals surface area contributed by atoms with Crippen molar-refractivity contribution in [1.82, 2.24) is 0 Å². The van der Waals surface area contributed by atoms with Crippen molar-refractivity contribution in [3.8, 4) is 11.5 Å². The number of hydrogen-bond acceptors (Lipinski definition) is 6. The van der Waals surface area contributed by atoms with Gasteiger partial charge in [-0.15, -0.1) is 0 Å². The summed E-state index contributed by atoms with van der Waals surface area (Å²) in [5, 5.41) is 0. The molecule has 2 aliphatic heterocycles. The van der Waals surface area contributed by atoms with Crippen molar-refractivity contribution >= 4 is 0 Å². The summed E-state index contributed by atoms with van der Waals surface area (Å²) in [6.45, 7) is 9.08. The molecule has 146 valence electrons. The Labute approximate surface area is 155 Å². The van der Waals surface area contributed by atoms with E-state index in [1.165, 1.54) is 0 Å².